The minimum atomic E-state index is 0.0667. The van der Waals surface area contributed by atoms with E-state index < -0.39 is 0 Å². The third-order valence-corrected chi connectivity index (χ3v) is 3.05. The van der Waals surface area contributed by atoms with Crippen molar-refractivity contribution in [2.45, 2.75) is 18.5 Å². The normalized spacial score (nSPS) is 22.3. The molecule has 0 aromatic rings. The summed E-state index contributed by atoms with van der Waals surface area (Å²) in [5, 5.41) is 0. The van der Waals surface area contributed by atoms with Gasteiger partial charge in [0, 0.05) is 18.7 Å². The Kier molecular flexibility index (Phi) is 4.77. The Morgan fingerprint density at radius 1 is 1.47 bits per heavy atom. The maximum Gasteiger partial charge on any atom is 0.253 e. The molecule has 0 bridgehead atoms. The molecule has 1 aliphatic rings. The lowest BCUT2D eigenvalue weighted by Gasteiger charge is -2.31. The fraction of sp³-hybridized carbons (Fsp3) is 0.417. The molecule has 1 heterocycles. The van der Waals surface area contributed by atoms with Crippen LogP contribution < -0.4 is 0 Å². The standard InChI is InChI=1S/C12H18NOP/c1-3-6-10(4-2)12(14)13-8-5-7-11(15)9-13/h3-4,6,11H,1-2,5,7-9,15H2/b10-6+. The summed E-state index contributed by atoms with van der Waals surface area (Å²) in [6.07, 6.45) is 7.19. The summed E-state index contributed by atoms with van der Waals surface area (Å²) in [6.45, 7) is 8.92. The highest BCUT2D eigenvalue weighted by molar-refractivity contribution is 7.17. The molecule has 2 unspecified atom stereocenters. The molecule has 0 aliphatic carbocycles. The van der Waals surface area contributed by atoms with Gasteiger partial charge in [-0.3, -0.25) is 4.79 Å². The second kappa shape index (κ2) is 5.87. The van der Waals surface area contributed by atoms with Crippen LogP contribution in [-0.4, -0.2) is 29.6 Å². The Hall–Kier alpha value is -0.880. The van der Waals surface area contributed by atoms with Crippen LogP contribution in [-0.2, 0) is 4.79 Å². The lowest BCUT2D eigenvalue weighted by molar-refractivity contribution is -0.127. The third kappa shape index (κ3) is 3.32. The Bertz CT molecular complexity index is 296. The summed E-state index contributed by atoms with van der Waals surface area (Å²) in [6, 6.07) is 0. The number of hydrogen-bond donors (Lipinski definition) is 0. The van der Waals surface area contributed by atoms with E-state index in [2.05, 4.69) is 22.4 Å². The van der Waals surface area contributed by atoms with Crippen molar-refractivity contribution in [3.05, 3.63) is 37.0 Å². The van der Waals surface area contributed by atoms with Crippen molar-refractivity contribution in [2.75, 3.05) is 13.1 Å². The predicted octanol–water partition coefficient (Wildman–Crippen LogP) is 2.15. The van der Waals surface area contributed by atoms with Gasteiger partial charge in [-0.05, 0) is 18.5 Å². The van der Waals surface area contributed by atoms with Crippen LogP contribution in [0.1, 0.15) is 12.8 Å². The molecule has 82 valence electrons. The van der Waals surface area contributed by atoms with Gasteiger partial charge < -0.3 is 4.90 Å². The van der Waals surface area contributed by atoms with E-state index in [1.54, 1.807) is 18.2 Å². The highest BCUT2D eigenvalue weighted by Gasteiger charge is 2.21. The molecule has 1 rings (SSSR count). The number of carbonyl (C=O) groups is 1. The first-order valence-electron chi connectivity index (χ1n) is 5.19. The van der Waals surface area contributed by atoms with Gasteiger partial charge in [0.25, 0.3) is 5.91 Å². The van der Waals surface area contributed by atoms with E-state index in [4.69, 9.17) is 0 Å². The molecule has 1 fully saturated rings. The molecule has 1 amide bonds. The van der Waals surface area contributed by atoms with Crippen LogP contribution in [0.4, 0.5) is 0 Å². The summed E-state index contributed by atoms with van der Waals surface area (Å²) in [5.74, 6) is 0.0667. The molecule has 2 atom stereocenters. The number of carbonyl (C=O) groups excluding carboxylic acids is 1. The van der Waals surface area contributed by atoms with Crippen molar-refractivity contribution in [1.82, 2.24) is 4.90 Å². The fourth-order valence-corrected chi connectivity index (χ4v) is 2.22. The second-order valence-electron chi connectivity index (χ2n) is 3.72. The minimum Gasteiger partial charge on any atom is -0.338 e. The highest BCUT2D eigenvalue weighted by Crippen LogP contribution is 2.18. The van der Waals surface area contributed by atoms with Crippen molar-refractivity contribution in [3.63, 3.8) is 0 Å². The van der Waals surface area contributed by atoms with Gasteiger partial charge in [-0.1, -0.05) is 31.4 Å². The zero-order valence-electron chi connectivity index (χ0n) is 8.98. The van der Waals surface area contributed by atoms with Crippen LogP contribution >= 0.6 is 9.24 Å². The molecule has 1 aliphatic heterocycles. The zero-order valence-corrected chi connectivity index (χ0v) is 10.1. The summed E-state index contributed by atoms with van der Waals surface area (Å²) in [4.78, 5) is 13.9. The number of allylic oxidation sites excluding steroid dienone is 2. The number of piperidine rings is 1. The second-order valence-corrected chi connectivity index (χ2v) is 4.66. The smallest absolute Gasteiger partial charge is 0.253 e. The molecule has 3 heteroatoms. The SMILES string of the molecule is C=C/C=C(\C=C)C(=O)N1CCCC(P)C1. The predicted molar refractivity (Wildman–Crippen MR) is 67.8 cm³/mol. The molecule has 0 aromatic heterocycles. The number of amides is 1. The number of hydrogen-bond acceptors (Lipinski definition) is 1. The van der Waals surface area contributed by atoms with E-state index >= 15 is 0 Å². The average molecular weight is 223 g/mol. The molecule has 0 N–H and O–H groups in total. The van der Waals surface area contributed by atoms with Crippen LogP contribution in [0.5, 0.6) is 0 Å². The molecule has 0 saturated carbocycles. The quantitative estimate of drug-likeness (QED) is 0.408. The van der Waals surface area contributed by atoms with Gasteiger partial charge in [0.05, 0.1) is 0 Å². The van der Waals surface area contributed by atoms with Crippen molar-refractivity contribution < 1.29 is 4.79 Å². The van der Waals surface area contributed by atoms with Gasteiger partial charge in [-0.2, -0.15) is 0 Å². The molecule has 0 spiro atoms. The van der Waals surface area contributed by atoms with E-state index in [0.29, 0.717) is 11.2 Å². The molecule has 2 nitrogen and oxygen atoms in total. The molecule has 15 heavy (non-hydrogen) atoms. The van der Waals surface area contributed by atoms with Crippen LogP contribution in [0.15, 0.2) is 37.0 Å². The van der Waals surface area contributed by atoms with E-state index in [-0.39, 0.29) is 5.91 Å². The van der Waals surface area contributed by atoms with E-state index in [0.717, 1.165) is 19.5 Å². The van der Waals surface area contributed by atoms with Crippen LogP contribution in [0.3, 0.4) is 0 Å². The lowest BCUT2D eigenvalue weighted by atomic mass is 10.1. The molecule has 1 saturated heterocycles. The van der Waals surface area contributed by atoms with Crippen LogP contribution in [0, 0.1) is 0 Å². The van der Waals surface area contributed by atoms with E-state index in [1.165, 1.54) is 6.42 Å². The Morgan fingerprint density at radius 3 is 2.73 bits per heavy atom. The average Bonchev–Trinajstić information content (AvgIpc) is 2.25. The van der Waals surface area contributed by atoms with E-state index in [1.807, 2.05) is 4.90 Å². The van der Waals surface area contributed by atoms with Gasteiger partial charge in [0.1, 0.15) is 0 Å². The number of likely N-dealkylation sites (tertiary alicyclic amines) is 1. The molecule has 0 radical (unpaired) electrons. The lowest BCUT2D eigenvalue weighted by Crippen LogP contribution is -2.40. The topological polar surface area (TPSA) is 20.3 Å². The van der Waals surface area contributed by atoms with Gasteiger partial charge in [-0.15, -0.1) is 9.24 Å². The summed E-state index contributed by atoms with van der Waals surface area (Å²) < 4.78 is 0. The molecule has 0 aromatic carbocycles. The van der Waals surface area contributed by atoms with Gasteiger partial charge in [0.15, 0.2) is 0 Å². The summed E-state index contributed by atoms with van der Waals surface area (Å²) >= 11 is 0. The first-order valence-corrected chi connectivity index (χ1v) is 5.85. The Labute approximate surface area is 93.9 Å². The molecular weight excluding hydrogens is 205 g/mol. The van der Waals surface area contributed by atoms with E-state index in [9.17, 15) is 4.79 Å². The third-order valence-electron chi connectivity index (χ3n) is 2.51. The Morgan fingerprint density at radius 2 is 2.20 bits per heavy atom. The largest absolute Gasteiger partial charge is 0.338 e. The maximum absolute atomic E-state index is 12.0. The Balaban J connectivity index is 2.69. The first kappa shape index (κ1) is 12.2. The highest BCUT2D eigenvalue weighted by atomic mass is 31.0. The molecular formula is C12H18NOP. The van der Waals surface area contributed by atoms with Crippen molar-refractivity contribution in [2.24, 2.45) is 0 Å². The summed E-state index contributed by atoms with van der Waals surface area (Å²) in [5.41, 5.74) is 1.15. The van der Waals surface area contributed by atoms with Gasteiger partial charge >= 0.3 is 0 Å². The fourth-order valence-electron chi connectivity index (χ4n) is 1.73. The van der Waals surface area contributed by atoms with Crippen molar-refractivity contribution in [3.8, 4) is 0 Å². The first-order chi connectivity index (χ1) is 7.19. The number of rotatable bonds is 3. The maximum atomic E-state index is 12.0. The van der Waals surface area contributed by atoms with Crippen molar-refractivity contribution >= 4 is 15.1 Å². The van der Waals surface area contributed by atoms with Crippen LogP contribution in [0.25, 0.3) is 0 Å². The summed E-state index contributed by atoms with van der Waals surface area (Å²) in [7, 11) is 2.79. The van der Waals surface area contributed by atoms with Gasteiger partial charge in [0.2, 0.25) is 0 Å². The van der Waals surface area contributed by atoms with Crippen LogP contribution in [0.2, 0.25) is 0 Å². The van der Waals surface area contributed by atoms with Gasteiger partial charge in [-0.25, -0.2) is 0 Å². The number of nitrogens with zero attached hydrogens (tertiary/aromatic N) is 1. The zero-order chi connectivity index (χ0) is 11.3. The minimum absolute atomic E-state index is 0.0667. The monoisotopic (exact) mass is 223 g/mol. The van der Waals surface area contributed by atoms with Crippen molar-refractivity contribution in [1.29, 1.82) is 0 Å².